The molecule has 0 spiro atoms. The van der Waals surface area contributed by atoms with E-state index in [-0.39, 0.29) is 24.5 Å². The normalized spacial score (nSPS) is 17.0. The minimum Gasteiger partial charge on any atom is -0.409 e. The molecule has 11 nitrogen and oxygen atoms in total. The van der Waals surface area contributed by atoms with Crippen LogP contribution in [0.25, 0.3) is 11.3 Å². The van der Waals surface area contributed by atoms with Gasteiger partial charge in [-0.05, 0) is 43.9 Å². The van der Waals surface area contributed by atoms with Crippen LogP contribution in [-0.2, 0) is 22.8 Å². The van der Waals surface area contributed by atoms with Gasteiger partial charge in [0.05, 0.1) is 22.8 Å². The van der Waals surface area contributed by atoms with E-state index < -0.39 is 8.07 Å². The first-order valence-corrected chi connectivity index (χ1v) is 18.4. The number of ether oxygens (including phenoxy) is 2. The molecule has 1 aliphatic heterocycles. The zero-order chi connectivity index (χ0) is 29.1. The van der Waals surface area contributed by atoms with Gasteiger partial charge in [0.15, 0.2) is 0 Å². The van der Waals surface area contributed by atoms with E-state index in [9.17, 15) is 5.21 Å². The maximum atomic E-state index is 9.25. The Morgan fingerprint density at radius 2 is 1.88 bits per heavy atom. The largest absolute Gasteiger partial charge is 0.409 e. The van der Waals surface area contributed by atoms with Gasteiger partial charge in [0.25, 0.3) is 0 Å². The Labute approximate surface area is 250 Å². The zero-order valence-electron chi connectivity index (χ0n) is 23.6. The van der Waals surface area contributed by atoms with Crippen LogP contribution in [0.15, 0.2) is 27.9 Å². The number of oxime groups is 1. The Morgan fingerprint density at radius 1 is 1.17 bits per heavy atom. The molecule has 3 N–H and O–H groups in total. The Balaban J connectivity index is 1.22. The van der Waals surface area contributed by atoms with Gasteiger partial charge >= 0.3 is 0 Å². The molecule has 3 aromatic rings. The van der Waals surface area contributed by atoms with Crippen LogP contribution < -0.4 is 10.6 Å². The molecule has 0 atom stereocenters. The molecule has 2 aromatic heterocycles. The molecule has 5 rings (SSSR count). The van der Waals surface area contributed by atoms with E-state index in [4.69, 9.17) is 42.9 Å². The number of nitrogens with two attached hydrogens (primary N) is 1. The first kappa shape index (κ1) is 29.8. The fraction of sp³-hybridized carbons (Fsp3) is 0.556. The molecule has 1 saturated heterocycles. The molecule has 0 amide bonds. The molecular formula is C27H37Cl2N7O4Si. The van der Waals surface area contributed by atoms with Crippen molar-refractivity contribution in [2.45, 2.75) is 76.7 Å². The van der Waals surface area contributed by atoms with Crippen molar-refractivity contribution in [1.29, 1.82) is 0 Å². The standard InChI is InChI=1S/C27H37Cl2N7O4Si/c1-41(2,3)14-13-38-16-36-26(25(30)33-37)31-27(32-36)35-11-9-18(10-12-35)39-15-19-23(34-40-24(19)17-7-8-17)22-20(28)5-4-6-21(22)29/h4-6,17-18,37H,7-16H2,1-3H3,(H2,30,33). The third-order valence-corrected chi connectivity index (χ3v) is 9.70. The summed E-state index contributed by atoms with van der Waals surface area (Å²) in [6.45, 7) is 9.46. The predicted molar refractivity (Wildman–Crippen MR) is 161 cm³/mol. The summed E-state index contributed by atoms with van der Waals surface area (Å²) >= 11 is 13.0. The Kier molecular flexibility index (Phi) is 9.24. The number of nitrogens with zero attached hydrogens (tertiary/aromatic N) is 6. The highest BCUT2D eigenvalue weighted by Gasteiger charge is 2.34. The SMILES string of the molecule is C[Si](C)(C)CCOCn1nc(N2CCC(OCc3c(-c4c(Cl)cccc4Cl)noc3C3CC3)CC2)nc1C(N)=NO. The van der Waals surface area contributed by atoms with E-state index in [0.29, 0.717) is 59.5 Å². The number of piperidine rings is 1. The Morgan fingerprint density at radius 3 is 2.51 bits per heavy atom. The highest BCUT2D eigenvalue weighted by Crippen LogP contribution is 2.46. The monoisotopic (exact) mass is 621 g/mol. The third-order valence-electron chi connectivity index (χ3n) is 7.36. The lowest BCUT2D eigenvalue weighted by Crippen LogP contribution is -2.37. The lowest BCUT2D eigenvalue weighted by atomic mass is 10.0. The van der Waals surface area contributed by atoms with Gasteiger partial charge < -0.3 is 29.8 Å². The van der Waals surface area contributed by atoms with E-state index in [1.165, 1.54) is 0 Å². The van der Waals surface area contributed by atoms with Crippen molar-refractivity contribution in [2.24, 2.45) is 10.9 Å². The molecule has 222 valence electrons. The average Bonchev–Trinajstić information content (AvgIpc) is 3.56. The van der Waals surface area contributed by atoms with Crippen molar-refractivity contribution in [2.75, 3.05) is 24.6 Å². The Bertz CT molecular complexity index is 1360. The van der Waals surface area contributed by atoms with Crippen LogP contribution in [0, 0.1) is 0 Å². The fourth-order valence-corrected chi connectivity index (χ4v) is 6.12. The van der Waals surface area contributed by atoms with Gasteiger partial charge in [-0.25, -0.2) is 4.68 Å². The van der Waals surface area contributed by atoms with Crippen molar-refractivity contribution in [3.05, 3.63) is 45.4 Å². The molecule has 3 heterocycles. The number of halogens is 2. The summed E-state index contributed by atoms with van der Waals surface area (Å²) in [5, 5.41) is 22.4. The second kappa shape index (κ2) is 12.7. The molecule has 1 saturated carbocycles. The number of amidine groups is 1. The molecular weight excluding hydrogens is 585 g/mol. The third kappa shape index (κ3) is 7.23. The molecule has 0 radical (unpaired) electrons. The summed E-state index contributed by atoms with van der Waals surface area (Å²) in [4.78, 5) is 6.63. The number of anilines is 1. The summed E-state index contributed by atoms with van der Waals surface area (Å²) in [6, 6.07) is 6.45. The van der Waals surface area contributed by atoms with Crippen LogP contribution in [0.4, 0.5) is 5.95 Å². The summed E-state index contributed by atoms with van der Waals surface area (Å²) < 4.78 is 19.6. The maximum absolute atomic E-state index is 9.25. The van der Waals surface area contributed by atoms with E-state index in [0.717, 1.165) is 43.1 Å². The predicted octanol–water partition coefficient (Wildman–Crippen LogP) is 5.71. The van der Waals surface area contributed by atoms with Crippen molar-refractivity contribution < 1.29 is 19.2 Å². The highest BCUT2D eigenvalue weighted by molar-refractivity contribution is 6.76. The number of hydrogen-bond acceptors (Lipinski definition) is 9. The minimum absolute atomic E-state index is 0.0401. The van der Waals surface area contributed by atoms with E-state index in [1.807, 2.05) is 6.07 Å². The molecule has 2 aliphatic rings. The van der Waals surface area contributed by atoms with Crippen LogP contribution in [-0.4, -0.2) is 64.8 Å². The molecule has 2 fully saturated rings. The van der Waals surface area contributed by atoms with Crippen molar-refractivity contribution in [1.82, 2.24) is 19.9 Å². The highest BCUT2D eigenvalue weighted by atomic mass is 35.5. The van der Waals surface area contributed by atoms with E-state index in [1.54, 1.807) is 16.8 Å². The van der Waals surface area contributed by atoms with Crippen molar-refractivity contribution in [3.63, 3.8) is 0 Å². The molecule has 14 heteroatoms. The Hall–Kier alpha value is -2.64. The minimum atomic E-state index is -1.22. The lowest BCUT2D eigenvalue weighted by Gasteiger charge is -2.31. The topological polar surface area (TPSA) is 137 Å². The van der Waals surface area contributed by atoms with Gasteiger partial charge in [-0.1, -0.05) is 59.2 Å². The van der Waals surface area contributed by atoms with Crippen LogP contribution >= 0.6 is 23.2 Å². The fourth-order valence-electron chi connectivity index (χ4n) is 4.79. The van der Waals surface area contributed by atoms with Gasteiger partial charge in [0.1, 0.15) is 18.2 Å². The van der Waals surface area contributed by atoms with Crippen LogP contribution in [0.1, 0.15) is 48.7 Å². The van der Waals surface area contributed by atoms with Crippen molar-refractivity contribution in [3.8, 4) is 11.3 Å². The summed E-state index contributed by atoms with van der Waals surface area (Å²) in [5.74, 6) is 1.92. The second-order valence-electron chi connectivity index (χ2n) is 11.8. The molecule has 1 aliphatic carbocycles. The smallest absolute Gasteiger partial charge is 0.245 e. The number of benzene rings is 1. The number of rotatable bonds is 12. The van der Waals surface area contributed by atoms with Gasteiger partial charge in [0, 0.05) is 44.8 Å². The van der Waals surface area contributed by atoms with Crippen LogP contribution in [0.3, 0.4) is 0 Å². The van der Waals surface area contributed by atoms with Crippen LogP contribution in [0.2, 0.25) is 35.7 Å². The zero-order valence-corrected chi connectivity index (χ0v) is 26.2. The van der Waals surface area contributed by atoms with Gasteiger partial charge in [0.2, 0.25) is 17.6 Å². The van der Waals surface area contributed by atoms with Gasteiger partial charge in [-0.15, -0.1) is 5.10 Å². The number of hydrogen-bond donors (Lipinski definition) is 2. The maximum Gasteiger partial charge on any atom is 0.245 e. The van der Waals surface area contributed by atoms with E-state index >= 15 is 0 Å². The van der Waals surface area contributed by atoms with E-state index in [2.05, 4.69) is 44.9 Å². The van der Waals surface area contributed by atoms with Gasteiger partial charge in [-0.3, -0.25) is 0 Å². The average molecular weight is 623 g/mol. The molecule has 0 bridgehead atoms. The van der Waals surface area contributed by atoms with Gasteiger partial charge in [-0.2, -0.15) is 4.98 Å². The van der Waals surface area contributed by atoms with Crippen LogP contribution in [0.5, 0.6) is 0 Å². The first-order valence-electron chi connectivity index (χ1n) is 13.9. The number of aromatic nitrogens is 4. The quantitative estimate of drug-likeness (QED) is 0.0650. The summed E-state index contributed by atoms with van der Waals surface area (Å²) in [5.41, 5.74) is 8.13. The summed E-state index contributed by atoms with van der Waals surface area (Å²) in [6.07, 6.45) is 3.76. The molecule has 41 heavy (non-hydrogen) atoms. The molecule has 0 unspecified atom stereocenters. The summed E-state index contributed by atoms with van der Waals surface area (Å²) in [7, 11) is -1.22. The molecule has 1 aromatic carbocycles. The lowest BCUT2D eigenvalue weighted by molar-refractivity contribution is 0.0244. The first-order chi connectivity index (χ1) is 19.6. The second-order valence-corrected chi connectivity index (χ2v) is 18.2. The van der Waals surface area contributed by atoms with Crippen molar-refractivity contribution >= 4 is 43.1 Å².